The van der Waals surface area contributed by atoms with Crippen LogP contribution in [0.4, 0.5) is 11.4 Å². The Balaban J connectivity index is 2.03. The van der Waals surface area contributed by atoms with Crippen molar-refractivity contribution in [3.05, 3.63) is 71.8 Å². The number of aryl methyl sites for hydroxylation is 2. The summed E-state index contributed by atoms with van der Waals surface area (Å²) in [7, 11) is -1.27. The van der Waals surface area contributed by atoms with Gasteiger partial charge in [-0.2, -0.15) is 0 Å². The van der Waals surface area contributed by atoms with Crippen LogP contribution in [0.15, 0.2) is 65.6 Å². The number of methoxy groups -OCH3 is 2. The van der Waals surface area contributed by atoms with Crippen molar-refractivity contribution in [2.45, 2.75) is 25.7 Å². The Labute approximate surface area is 206 Å². The summed E-state index contributed by atoms with van der Waals surface area (Å²) in [6.07, 6.45) is 0. The minimum absolute atomic E-state index is 0.0326. The Morgan fingerprint density at radius 1 is 0.886 bits per heavy atom. The number of ether oxygens (including phenoxy) is 3. The van der Waals surface area contributed by atoms with E-state index in [9.17, 15) is 13.2 Å². The molecule has 0 aliphatic carbocycles. The topological polar surface area (TPSA) is 94.2 Å². The average Bonchev–Trinajstić information content (AvgIpc) is 2.83. The monoisotopic (exact) mass is 498 g/mol. The third kappa shape index (κ3) is 6.05. The lowest BCUT2D eigenvalue weighted by atomic mass is 10.2. The van der Waals surface area contributed by atoms with Crippen LogP contribution in [0.2, 0.25) is 0 Å². The number of benzene rings is 3. The van der Waals surface area contributed by atoms with Gasteiger partial charge in [-0.05, 0) is 80.4 Å². The molecule has 3 aromatic rings. The van der Waals surface area contributed by atoms with Crippen LogP contribution in [-0.4, -0.2) is 41.7 Å². The predicted molar refractivity (Wildman–Crippen MR) is 136 cm³/mol. The number of nitrogens with one attached hydrogen (secondary N) is 1. The number of rotatable bonds is 10. The van der Waals surface area contributed by atoms with E-state index < -0.39 is 22.5 Å². The molecule has 0 saturated heterocycles. The first kappa shape index (κ1) is 25.9. The molecule has 1 N–H and O–H groups in total. The van der Waals surface area contributed by atoms with Crippen LogP contribution in [0.5, 0.6) is 17.2 Å². The first-order valence-corrected chi connectivity index (χ1v) is 12.5. The Hall–Kier alpha value is -3.72. The smallest absolute Gasteiger partial charge is 0.268 e. The Morgan fingerprint density at radius 3 is 2.09 bits per heavy atom. The van der Waals surface area contributed by atoms with Crippen molar-refractivity contribution in [2.24, 2.45) is 0 Å². The lowest BCUT2D eigenvalue weighted by molar-refractivity contribution is -0.114. The van der Waals surface area contributed by atoms with Crippen molar-refractivity contribution in [3.63, 3.8) is 0 Å². The SMILES string of the molecule is CCOc1ccc(N(CC(=O)Nc2cc(C)ccc2OC)S(=O)(=O)c2cc(C)ccc2OC)cc1. The number of hydrogen-bond acceptors (Lipinski definition) is 6. The molecule has 186 valence electrons. The lowest BCUT2D eigenvalue weighted by Gasteiger charge is -2.25. The van der Waals surface area contributed by atoms with Crippen molar-refractivity contribution < 1.29 is 27.4 Å². The molecule has 1 amide bonds. The number of sulfonamides is 1. The zero-order valence-corrected chi connectivity index (χ0v) is 21.3. The highest BCUT2D eigenvalue weighted by molar-refractivity contribution is 7.93. The fourth-order valence-electron chi connectivity index (χ4n) is 3.53. The number of anilines is 2. The minimum atomic E-state index is -4.18. The van der Waals surface area contributed by atoms with Crippen LogP contribution in [-0.2, 0) is 14.8 Å². The fourth-order valence-corrected chi connectivity index (χ4v) is 5.20. The minimum Gasteiger partial charge on any atom is -0.495 e. The zero-order valence-electron chi connectivity index (χ0n) is 20.5. The second kappa shape index (κ2) is 11.1. The van der Waals surface area contributed by atoms with E-state index in [1.54, 1.807) is 55.5 Å². The summed E-state index contributed by atoms with van der Waals surface area (Å²) < 4.78 is 44.9. The normalized spacial score (nSPS) is 11.0. The summed E-state index contributed by atoms with van der Waals surface area (Å²) >= 11 is 0. The van der Waals surface area contributed by atoms with E-state index in [-0.39, 0.29) is 10.6 Å². The van der Waals surface area contributed by atoms with Crippen LogP contribution in [0.1, 0.15) is 18.1 Å². The maximum absolute atomic E-state index is 13.9. The molecule has 0 spiro atoms. The number of amides is 1. The van der Waals surface area contributed by atoms with E-state index in [1.165, 1.54) is 20.3 Å². The first-order chi connectivity index (χ1) is 16.7. The second-order valence-corrected chi connectivity index (χ2v) is 9.68. The summed E-state index contributed by atoms with van der Waals surface area (Å²) in [5.41, 5.74) is 2.42. The molecule has 0 aliphatic heterocycles. The molecule has 35 heavy (non-hydrogen) atoms. The zero-order chi connectivity index (χ0) is 25.6. The third-order valence-electron chi connectivity index (χ3n) is 5.24. The van der Waals surface area contributed by atoms with Gasteiger partial charge in [-0.15, -0.1) is 0 Å². The van der Waals surface area contributed by atoms with E-state index in [0.717, 1.165) is 15.4 Å². The van der Waals surface area contributed by atoms with E-state index in [1.807, 2.05) is 19.9 Å². The van der Waals surface area contributed by atoms with Gasteiger partial charge in [0, 0.05) is 0 Å². The predicted octanol–water partition coefficient (Wildman–Crippen LogP) is 4.55. The van der Waals surface area contributed by atoms with E-state index in [0.29, 0.717) is 29.5 Å². The number of carbonyl (C=O) groups excluding carboxylic acids is 1. The van der Waals surface area contributed by atoms with E-state index in [2.05, 4.69) is 5.32 Å². The van der Waals surface area contributed by atoms with Crippen LogP contribution < -0.4 is 23.8 Å². The Bertz CT molecular complexity index is 1290. The Morgan fingerprint density at radius 2 is 1.49 bits per heavy atom. The third-order valence-corrected chi connectivity index (χ3v) is 7.03. The first-order valence-electron chi connectivity index (χ1n) is 11.0. The molecule has 0 fully saturated rings. The van der Waals surface area contributed by atoms with Gasteiger partial charge in [-0.3, -0.25) is 9.10 Å². The highest BCUT2D eigenvalue weighted by atomic mass is 32.2. The van der Waals surface area contributed by atoms with Gasteiger partial charge in [-0.25, -0.2) is 8.42 Å². The van der Waals surface area contributed by atoms with Crippen LogP contribution in [0.3, 0.4) is 0 Å². The van der Waals surface area contributed by atoms with Gasteiger partial charge in [0.25, 0.3) is 10.0 Å². The van der Waals surface area contributed by atoms with Gasteiger partial charge in [0.2, 0.25) is 5.91 Å². The molecule has 0 bridgehead atoms. The largest absolute Gasteiger partial charge is 0.495 e. The highest BCUT2D eigenvalue weighted by Gasteiger charge is 2.30. The average molecular weight is 499 g/mol. The van der Waals surface area contributed by atoms with Gasteiger partial charge in [0.1, 0.15) is 28.7 Å². The van der Waals surface area contributed by atoms with Crippen molar-refractivity contribution in [1.82, 2.24) is 0 Å². The van der Waals surface area contributed by atoms with Gasteiger partial charge < -0.3 is 19.5 Å². The fraction of sp³-hybridized carbons (Fsp3) is 0.269. The molecule has 3 aromatic carbocycles. The summed E-state index contributed by atoms with van der Waals surface area (Å²) in [6.45, 7) is 5.54. The summed E-state index contributed by atoms with van der Waals surface area (Å²) in [5, 5.41) is 2.77. The highest BCUT2D eigenvalue weighted by Crippen LogP contribution is 2.32. The molecule has 0 aliphatic rings. The standard InChI is InChI=1S/C26H30N2O6S/c1-6-34-21-11-9-20(10-12-21)28(35(30,31)25-16-19(3)8-14-24(25)33-5)17-26(29)27-22-15-18(2)7-13-23(22)32-4/h7-16H,6,17H2,1-5H3,(H,27,29). The second-order valence-electron chi connectivity index (χ2n) is 7.84. The van der Waals surface area contributed by atoms with Gasteiger partial charge >= 0.3 is 0 Å². The number of nitrogens with zero attached hydrogens (tertiary/aromatic N) is 1. The van der Waals surface area contributed by atoms with Crippen molar-refractivity contribution >= 4 is 27.3 Å². The molecular formula is C26H30N2O6S. The molecule has 0 saturated carbocycles. The van der Waals surface area contributed by atoms with Crippen LogP contribution in [0, 0.1) is 13.8 Å². The maximum Gasteiger partial charge on any atom is 0.268 e. The molecule has 3 rings (SSSR count). The summed E-state index contributed by atoms with van der Waals surface area (Å²) in [6, 6.07) is 16.8. The molecule has 0 atom stereocenters. The van der Waals surface area contributed by atoms with Crippen LogP contribution >= 0.6 is 0 Å². The number of carbonyl (C=O) groups is 1. The molecule has 0 aromatic heterocycles. The number of hydrogen-bond donors (Lipinski definition) is 1. The molecule has 0 heterocycles. The van der Waals surface area contributed by atoms with Gasteiger partial charge in [-0.1, -0.05) is 12.1 Å². The summed E-state index contributed by atoms with van der Waals surface area (Å²) in [5.74, 6) is 0.723. The molecular weight excluding hydrogens is 468 g/mol. The quantitative estimate of drug-likeness (QED) is 0.441. The van der Waals surface area contributed by atoms with Crippen molar-refractivity contribution in [1.29, 1.82) is 0 Å². The molecule has 9 heteroatoms. The maximum atomic E-state index is 13.9. The van der Waals surface area contributed by atoms with E-state index >= 15 is 0 Å². The van der Waals surface area contributed by atoms with Gasteiger partial charge in [0.05, 0.1) is 32.2 Å². The van der Waals surface area contributed by atoms with Crippen molar-refractivity contribution in [2.75, 3.05) is 37.0 Å². The van der Waals surface area contributed by atoms with Gasteiger partial charge in [0.15, 0.2) is 0 Å². The lowest BCUT2D eigenvalue weighted by Crippen LogP contribution is -2.38. The molecule has 0 radical (unpaired) electrons. The molecule has 0 unspecified atom stereocenters. The summed E-state index contributed by atoms with van der Waals surface area (Å²) in [4.78, 5) is 13.1. The van der Waals surface area contributed by atoms with E-state index in [4.69, 9.17) is 14.2 Å². The molecule has 8 nitrogen and oxygen atoms in total. The van der Waals surface area contributed by atoms with Crippen LogP contribution in [0.25, 0.3) is 0 Å². The Kier molecular flexibility index (Phi) is 8.24. The van der Waals surface area contributed by atoms with Crippen molar-refractivity contribution in [3.8, 4) is 17.2 Å².